The lowest BCUT2D eigenvalue weighted by Crippen LogP contribution is -2.48. The van der Waals surface area contributed by atoms with E-state index in [0.29, 0.717) is 6.61 Å². The van der Waals surface area contributed by atoms with E-state index in [4.69, 9.17) is 16.3 Å². The first-order valence-corrected chi connectivity index (χ1v) is 9.53. The monoisotopic (exact) mass is 370 g/mol. The van der Waals surface area contributed by atoms with Crippen LogP contribution in [0.25, 0.3) is 0 Å². The van der Waals surface area contributed by atoms with Gasteiger partial charge >= 0.3 is 5.97 Å². The number of piperazine rings is 1. The highest BCUT2D eigenvalue weighted by Crippen LogP contribution is 2.33. The second-order valence-electron chi connectivity index (χ2n) is 7.02. The van der Waals surface area contributed by atoms with Crippen LogP contribution < -0.4 is 4.90 Å². The van der Waals surface area contributed by atoms with Crippen molar-refractivity contribution in [2.24, 2.45) is 5.92 Å². The molecule has 2 atom stereocenters. The summed E-state index contributed by atoms with van der Waals surface area (Å²) in [7, 11) is 0. The van der Waals surface area contributed by atoms with Crippen molar-refractivity contribution in [1.29, 1.82) is 0 Å². The van der Waals surface area contributed by atoms with Gasteiger partial charge < -0.3 is 9.64 Å². The third kappa shape index (κ3) is 3.71. The molecule has 0 saturated carbocycles. The molecule has 4 nitrogen and oxygen atoms in total. The predicted molar refractivity (Wildman–Crippen MR) is 104 cm³/mol. The van der Waals surface area contributed by atoms with Gasteiger partial charge in [-0.2, -0.15) is 0 Å². The third-order valence-corrected chi connectivity index (χ3v) is 5.66. The zero-order valence-corrected chi connectivity index (χ0v) is 15.4. The second kappa shape index (κ2) is 7.68. The van der Waals surface area contributed by atoms with Gasteiger partial charge in [-0.15, -0.1) is 0 Å². The van der Waals surface area contributed by atoms with Crippen molar-refractivity contribution in [2.45, 2.75) is 5.92 Å². The molecule has 0 N–H and O–H groups in total. The number of carbonyl (C=O) groups is 1. The van der Waals surface area contributed by atoms with E-state index in [0.717, 1.165) is 37.7 Å². The minimum Gasteiger partial charge on any atom is -0.465 e. The van der Waals surface area contributed by atoms with Crippen molar-refractivity contribution >= 4 is 23.3 Å². The highest BCUT2D eigenvalue weighted by atomic mass is 35.5. The normalized spacial score (nSPS) is 23.9. The van der Waals surface area contributed by atoms with E-state index in [1.54, 1.807) is 0 Å². The van der Waals surface area contributed by atoms with Crippen LogP contribution in [0.15, 0.2) is 54.6 Å². The molecule has 26 heavy (non-hydrogen) atoms. The number of rotatable bonds is 4. The van der Waals surface area contributed by atoms with Gasteiger partial charge in [-0.05, 0) is 23.8 Å². The number of ether oxygens (including phenoxy) is 1. The Morgan fingerprint density at radius 1 is 1.00 bits per heavy atom. The predicted octanol–water partition coefficient (Wildman–Crippen LogP) is 3.42. The summed E-state index contributed by atoms with van der Waals surface area (Å²) >= 11 is 6.11. The van der Waals surface area contributed by atoms with E-state index >= 15 is 0 Å². The summed E-state index contributed by atoms with van der Waals surface area (Å²) in [4.78, 5) is 17.0. The average molecular weight is 371 g/mol. The number of esters is 1. The molecule has 0 bridgehead atoms. The second-order valence-corrected chi connectivity index (χ2v) is 7.46. The van der Waals surface area contributed by atoms with E-state index in [1.807, 2.05) is 36.4 Å². The fourth-order valence-electron chi connectivity index (χ4n) is 3.93. The van der Waals surface area contributed by atoms with Crippen molar-refractivity contribution in [3.05, 3.63) is 65.2 Å². The number of anilines is 1. The van der Waals surface area contributed by atoms with Crippen LogP contribution in [0.2, 0.25) is 5.02 Å². The van der Waals surface area contributed by atoms with Gasteiger partial charge in [0.15, 0.2) is 0 Å². The van der Waals surface area contributed by atoms with Gasteiger partial charge in [-0.1, -0.05) is 48.0 Å². The molecular formula is C21H23ClN2O2. The summed E-state index contributed by atoms with van der Waals surface area (Å²) in [5.41, 5.74) is 2.36. The quantitative estimate of drug-likeness (QED) is 0.772. The minimum absolute atomic E-state index is 0.0591. The van der Waals surface area contributed by atoms with Gasteiger partial charge in [0.25, 0.3) is 0 Å². The standard InChI is InChI=1S/C21H23ClN2O2/c22-17-7-4-8-18(13-17)24-11-9-23(10-12-24)14-19-20(15-26-21(19)25)16-5-2-1-3-6-16/h1-8,13,19-20H,9-12,14-15H2. The maximum absolute atomic E-state index is 12.3. The highest BCUT2D eigenvalue weighted by Gasteiger charge is 2.39. The van der Waals surface area contributed by atoms with Gasteiger partial charge in [0.1, 0.15) is 0 Å². The molecule has 0 spiro atoms. The molecule has 5 heteroatoms. The summed E-state index contributed by atoms with van der Waals surface area (Å²) in [5.74, 6) is 0.0286. The van der Waals surface area contributed by atoms with Crippen LogP contribution in [-0.4, -0.2) is 50.2 Å². The summed E-state index contributed by atoms with van der Waals surface area (Å²) in [6.07, 6.45) is 0. The Morgan fingerprint density at radius 3 is 2.50 bits per heavy atom. The van der Waals surface area contributed by atoms with Crippen molar-refractivity contribution < 1.29 is 9.53 Å². The Bertz CT molecular complexity index is 760. The number of cyclic esters (lactones) is 1. The maximum atomic E-state index is 12.3. The van der Waals surface area contributed by atoms with Crippen molar-refractivity contribution in [3.8, 4) is 0 Å². The summed E-state index contributed by atoms with van der Waals surface area (Å²) in [6.45, 7) is 5.03. The van der Waals surface area contributed by atoms with Crippen LogP contribution >= 0.6 is 11.6 Å². The Balaban J connectivity index is 1.38. The number of nitrogens with zero attached hydrogens (tertiary/aromatic N) is 2. The van der Waals surface area contributed by atoms with E-state index in [1.165, 1.54) is 11.3 Å². The maximum Gasteiger partial charge on any atom is 0.311 e. The first-order valence-electron chi connectivity index (χ1n) is 9.15. The molecule has 2 unspecified atom stereocenters. The van der Waals surface area contributed by atoms with Crippen molar-refractivity contribution in [2.75, 3.05) is 44.2 Å². The molecular weight excluding hydrogens is 348 g/mol. The van der Waals surface area contributed by atoms with E-state index in [9.17, 15) is 4.79 Å². The molecule has 2 fully saturated rings. The number of halogens is 1. The summed E-state index contributed by atoms with van der Waals surface area (Å²) in [5, 5.41) is 0.768. The molecule has 2 aromatic rings. The SMILES string of the molecule is O=C1OCC(c2ccccc2)C1CN1CCN(c2cccc(Cl)c2)CC1. The third-order valence-electron chi connectivity index (χ3n) is 5.42. The lowest BCUT2D eigenvalue weighted by molar-refractivity contribution is -0.141. The average Bonchev–Trinajstić information content (AvgIpc) is 3.04. The van der Waals surface area contributed by atoms with Crippen LogP contribution in [0.5, 0.6) is 0 Å². The summed E-state index contributed by atoms with van der Waals surface area (Å²) < 4.78 is 5.39. The fourth-order valence-corrected chi connectivity index (χ4v) is 4.11. The lowest BCUT2D eigenvalue weighted by Gasteiger charge is -2.37. The van der Waals surface area contributed by atoms with E-state index in [-0.39, 0.29) is 17.8 Å². The van der Waals surface area contributed by atoms with Gasteiger partial charge in [-0.3, -0.25) is 9.69 Å². The molecule has 2 aliphatic rings. The summed E-state index contributed by atoms with van der Waals surface area (Å²) in [6, 6.07) is 18.2. The van der Waals surface area contributed by atoms with Crippen LogP contribution in [-0.2, 0) is 9.53 Å². The molecule has 0 radical (unpaired) electrons. The number of benzene rings is 2. The smallest absolute Gasteiger partial charge is 0.311 e. The molecule has 2 aromatic carbocycles. The Kier molecular flexibility index (Phi) is 5.14. The number of carbonyl (C=O) groups excluding carboxylic acids is 1. The molecule has 0 aliphatic carbocycles. The molecule has 4 rings (SSSR count). The van der Waals surface area contributed by atoms with E-state index < -0.39 is 0 Å². The molecule has 2 heterocycles. The number of hydrogen-bond acceptors (Lipinski definition) is 4. The van der Waals surface area contributed by atoms with Crippen molar-refractivity contribution in [1.82, 2.24) is 4.90 Å². The molecule has 2 saturated heterocycles. The van der Waals surface area contributed by atoms with Gasteiger partial charge in [0.2, 0.25) is 0 Å². The molecule has 0 amide bonds. The molecule has 2 aliphatic heterocycles. The molecule has 136 valence electrons. The number of hydrogen-bond donors (Lipinski definition) is 0. The minimum atomic E-state index is -0.0740. The topological polar surface area (TPSA) is 32.8 Å². The highest BCUT2D eigenvalue weighted by molar-refractivity contribution is 6.30. The fraction of sp³-hybridized carbons (Fsp3) is 0.381. The van der Waals surface area contributed by atoms with Gasteiger partial charge in [0.05, 0.1) is 12.5 Å². The van der Waals surface area contributed by atoms with Crippen LogP contribution in [0.4, 0.5) is 5.69 Å². The first-order chi connectivity index (χ1) is 12.7. The molecule has 0 aromatic heterocycles. The van der Waals surface area contributed by atoms with Crippen molar-refractivity contribution in [3.63, 3.8) is 0 Å². The van der Waals surface area contributed by atoms with Crippen LogP contribution in [0.3, 0.4) is 0 Å². The Morgan fingerprint density at radius 2 is 1.77 bits per heavy atom. The van der Waals surface area contributed by atoms with Crippen LogP contribution in [0, 0.1) is 5.92 Å². The van der Waals surface area contributed by atoms with E-state index in [2.05, 4.69) is 28.0 Å². The Hall–Kier alpha value is -2.04. The largest absolute Gasteiger partial charge is 0.465 e. The Labute approximate surface area is 159 Å². The zero-order chi connectivity index (χ0) is 17.9. The van der Waals surface area contributed by atoms with Gasteiger partial charge in [0, 0.05) is 49.4 Å². The lowest BCUT2D eigenvalue weighted by atomic mass is 9.88. The van der Waals surface area contributed by atoms with Gasteiger partial charge in [-0.25, -0.2) is 0 Å². The zero-order valence-electron chi connectivity index (χ0n) is 14.7. The first kappa shape index (κ1) is 17.4. The van der Waals surface area contributed by atoms with Crippen LogP contribution in [0.1, 0.15) is 11.5 Å².